The molecular formula is C11H10O2. The Morgan fingerprint density at radius 3 is 3.23 bits per heavy atom. The van der Waals surface area contributed by atoms with E-state index in [1.165, 1.54) is 16.7 Å². The number of ether oxygens (including phenoxy) is 2. The molecule has 0 unspecified atom stereocenters. The summed E-state index contributed by atoms with van der Waals surface area (Å²) in [6.45, 7) is 1.46. The molecule has 0 saturated carbocycles. The molecule has 13 heavy (non-hydrogen) atoms. The molecule has 0 bridgehead atoms. The minimum atomic E-state index is 0.648. The highest BCUT2D eigenvalue weighted by Crippen LogP contribution is 2.34. The predicted octanol–water partition coefficient (Wildman–Crippen LogP) is 2.12. The van der Waals surface area contributed by atoms with Crippen LogP contribution in [0.5, 0.6) is 5.75 Å². The summed E-state index contributed by atoms with van der Waals surface area (Å²) in [6, 6.07) is 4.29. The summed E-state index contributed by atoms with van der Waals surface area (Å²) in [5, 5.41) is 0. The van der Waals surface area contributed by atoms with Crippen LogP contribution in [0, 0.1) is 0 Å². The van der Waals surface area contributed by atoms with Crippen LogP contribution in [0.4, 0.5) is 0 Å². The highest BCUT2D eigenvalue weighted by atomic mass is 16.5. The second-order valence-corrected chi connectivity index (χ2v) is 3.33. The van der Waals surface area contributed by atoms with Crippen molar-refractivity contribution in [3.05, 3.63) is 35.1 Å². The van der Waals surface area contributed by atoms with Gasteiger partial charge in [0, 0.05) is 12.0 Å². The molecule has 2 aliphatic heterocycles. The van der Waals surface area contributed by atoms with Gasteiger partial charge in [-0.05, 0) is 17.2 Å². The standard InChI is InChI=1S/C11H10O2/c1-2-9-4-6-13-11(9)10-7-12-5-3-8(1)10/h1-3,5H,4,6-7H2. The molecule has 0 N–H and O–H groups in total. The fraction of sp³-hybridized carbons (Fsp3) is 0.273. The Bertz CT molecular complexity index is 380. The zero-order valence-electron chi connectivity index (χ0n) is 7.25. The highest BCUT2D eigenvalue weighted by Gasteiger charge is 2.19. The van der Waals surface area contributed by atoms with Crippen molar-refractivity contribution >= 4 is 6.08 Å². The molecule has 0 radical (unpaired) electrons. The molecule has 0 saturated heterocycles. The lowest BCUT2D eigenvalue weighted by molar-refractivity contribution is 0.228. The van der Waals surface area contributed by atoms with E-state index >= 15 is 0 Å². The van der Waals surface area contributed by atoms with E-state index in [9.17, 15) is 0 Å². The summed E-state index contributed by atoms with van der Waals surface area (Å²) in [5.41, 5.74) is 3.75. The van der Waals surface area contributed by atoms with Crippen LogP contribution in [0.1, 0.15) is 16.7 Å². The van der Waals surface area contributed by atoms with Gasteiger partial charge in [0.1, 0.15) is 12.4 Å². The molecule has 1 aromatic carbocycles. The number of rotatable bonds is 0. The lowest BCUT2D eigenvalue weighted by Crippen LogP contribution is -1.99. The minimum absolute atomic E-state index is 0.648. The van der Waals surface area contributed by atoms with E-state index in [0.717, 1.165) is 18.8 Å². The summed E-state index contributed by atoms with van der Waals surface area (Å²) in [4.78, 5) is 0. The van der Waals surface area contributed by atoms with E-state index in [0.29, 0.717) is 6.61 Å². The van der Waals surface area contributed by atoms with Crippen molar-refractivity contribution in [1.82, 2.24) is 0 Å². The topological polar surface area (TPSA) is 18.5 Å². The maximum absolute atomic E-state index is 5.58. The molecular weight excluding hydrogens is 164 g/mol. The molecule has 0 fully saturated rings. The van der Waals surface area contributed by atoms with E-state index in [1.807, 2.05) is 6.08 Å². The first-order chi connectivity index (χ1) is 6.45. The van der Waals surface area contributed by atoms with Gasteiger partial charge in [0.25, 0.3) is 0 Å². The van der Waals surface area contributed by atoms with E-state index in [-0.39, 0.29) is 0 Å². The third-order valence-corrected chi connectivity index (χ3v) is 2.57. The van der Waals surface area contributed by atoms with E-state index < -0.39 is 0 Å². The van der Waals surface area contributed by atoms with E-state index in [1.54, 1.807) is 6.26 Å². The van der Waals surface area contributed by atoms with Crippen molar-refractivity contribution in [2.24, 2.45) is 0 Å². The van der Waals surface area contributed by atoms with Crippen LogP contribution in [0.2, 0.25) is 0 Å². The first-order valence-electron chi connectivity index (χ1n) is 4.51. The number of hydrogen-bond donors (Lipinski definition) is 0. The minimum Gasteiger partial charge on any atom is -0.496 e. The Balaban J connectivity index is 2.23. The lowest BCUT2D eigenvalue weighted by atomic mass is 10.0. The third-order valence-electron chi connectivity index (χ3n) is 2.57. The van der Waals surface area contributed by atoms with Gasteiger partial charge in [0.05, 0.1) is 12.9 Å². The van der Waals surface area contributed by atoms with Crippen LogP contribution < -0.4 is 4.74 Å². The second-order valence-electron chi connectivity index (χ2n) is 3.33. The second kappa shape index (κ2) is 2.52. The van der Waals surface area contributed by atoms with Crippen molar-refractivity contribution < 1.29 is 9.47 Å². The van der Waals surface area contributed by atoms with Crippen molar-refractivity contribution in [3.8, 4) is 5.75 Å². The molecule has 2 aliphatic rings. The van der Waals surface area contributed by atoms with Gasteiger partial charge >= 0.3 is 0 Å². The maximum Gasteiger partial charge on any atom is 0.129 e. The monoisotopic (exact) mass is 174 g/mol. The molecule has 2 heterocycles. The van der Waals surface area contributed by atoms with E-state index in [4.69, 9.17) is 9.47 Å². The van der Waals surface area contributed by atoms with Crippen molar-refractivity contribution in [3.63, 3.8) is 0 Å². The smallest absolute Gasteiger partial charge is 0.129 e. The Kier molecular flexibility index (Phi) is 1.36. The normalized spacial score (nSPS) is 17.2. The zero-order valence-corrected chi connectivity index (χ0v) is 7.25. The number of benzene rings is 1. The fourth-order valence-electron chi connectivity index (χ4n) is 1.89. The molecule has 1 aromatic rings. The zero-order chi connectivity index (χ0) is 8.67. The van der Waals surface area contributed by atoms with E-state index in [2.05, 4.69) is 12.1 Å². The van der Waals surface area contributed by atoms with Crippen LogP contribution >= 0.6 is 0 Å². The van der Waals surface area contributed by atoms with Gasteiger partial charge in [-0.1, -0.05) is 12.1 Å². The van der Waals surface area contributed by atoms with Gasteiger partial charge in [0.2, 0.25) is 0 Å². The van der Waals surface area contributed by atoms with Crippen LogP contribution in [-0.2, 0) is 17.8 Å². The van der Waals surface area contributed by atoms with Gasteiger partial charge < -0.3 is 9.47 Å². The molecule has 3 rings (SSSR count). The quantitative estimate of drug-likeness (QED) is 0.599. The van der Waals surface area contributed by atoms with Crippen molar-refractivity contribution in [2.75, 3.05) is 6.61 Å². The molecule has 0 aromatic heterocycles. The maximum atomic E-state index is 5.58. The Morgan fingerprint density at radius 2 is 2.23 bits per heavy atom. The molecule has 66 valence electrons. The lowest BCUT2D eigenvalue weighted by Gasteiger charge is -2.14. The average Bonchev–Trinajstić information content (AvgIpc) is 2.65. The molecule has 0 spiro atoms. The largest absolute Gasteiger partial charge is 0.496 e. The number of fused-ring (bicyclic) bond motifs is 3. The molecule has 0 amide bonds. The average molecular weight is 174 g/mol. The summed E-state index contributed by atoms with van der Waals surface area (Å²) in [5.74, 6) is 1.06. The van der Waals surface area contributed by atoms with Gasteiger partial charge in [-0.15, -0.1) is 0 Å². The fourth-order valence-corrected chi connectivity index (χ4v) is 1.89. The first-order valence-corrected chi connectivity index (χ1v) is 4.51. The van der Waals surface area contributed by atoms with Crippen molar-refractivity contribution in [1.29, 1.82) is 0 Å². The Labute approximate surface area is 76.8 Å². The van der Waals surface area contributed by atoms with Crippen LogP contribution in [0.3, 0.4) is 0 Å². The Hall–Kier alpha value is -1.44. The SMILES string of the molecule is C1=Cc2ccc3c(c2CO1)OCC3. The first kappa shape index (κ1) is 7.01. The van der Waals surface area contributed by atoms with Crippen LogP contribution in [-0.4, -0.2) is 6.61 Å². The summed E-state index contributed by atoms with van der Waals surface area (Å²) in [7, 11) is 0. The van der Waals surface area contributed by atoms with Gasteiger partial charge in [-0.25, -0.2) is 0 Å². The molecule has 0 aliphatic carbocycles. The van der Waals surface area contributed by atoms with Crippen molar-refractivity contribution in [2.45, 2.75) is 13.0 Å². The molecule has 0 atom stereocenters. The highest BCUT2D eigenvalue weighted by molar-refractivity contribution is 5.61. The van der Waals surface area contributed by atoms with Gasteiger partial charge in [-0.3, -0.25) is 0 Å². The molecule has 2 heteroatoms. The van der Waals surface area contributed by atoms with Crippen LogP contribution in [0.15, 0.2) is 18.4 Å². The third kappa shape index (κ3) is 0.949. The summed E-state index contributed by atoms with van der Waals surface area (Å²) >= 11 is 0. The summed E-state index contributed by atoms with van der Waals surface area (Å²) in [6.07, 6.45) is 4.76. The predicted molar refractivity (Wildman–Crippen MR) is 49.5 cm³/mol. The number of hydrogen-bond acceptors (Lipinski definition) is 2. The van der Waals surface area contributed by atoms with Crippen LogP contribution in [0.25, 0.3) is 6.08 Å². The van der Waals surface area contributed by atoms with Gasteiger partial charge in [0.15, 0.2) is 0 Å². The Morgan fingerprint density at radius 1 is 1.23 bits per heavy atom. The summed E-state index contributed by atoms with van der Waals surface area (Å²) < 4.78 is 10.8. The van der Waals surface area contributed by atoms with Gasteiger partial charge in [-0.2, -0.15) is 0 Å². The molecule has 2 nitrogen and oxygen atoms in total.